The van der Waals surface area contributed by atoms with Crippen molar-refractivity contribution >= 4 is 11.3 Å². The minimum absolute atomic E-state index is 0.536. The molecule has 0 aliphatic rings. The molecule has 4 heteroatoms. The highest BCUT2D eigenvalue weighted by Gasteiger charge is 1.97. The summed E-state index contributed by atoms with van der Waals surface area (Å²) in [6.07, 6.45) is 0.973. The number of thiophene rings is 1. The van der Waals surface area contributed by atoms with Crippen LogP contribution in [0.15, 0.2) is 41.8 Å². The first kappa shape index (κ1) is 14.1. The molecule has 1 aromatic heterocycles. The van der Waals surface area contributed by atoms with E-state index >= 15 is 0 Å². The standard InChI is InChI=1S/C15H19NO2S/c16-12-13-3-1-4-14(11-13)18-9-8-17-7-6-15-5-2-10-19-15/h1-5,10-11H,6-9,12,16H2. The molecule has 0 atom stereocenters. The Labute approximate surface area is 118 Å². The van der Waals surface area contributed by atoms with Crippen LogP contribution in [0, 0.1) is 0 Å². The maximum Gasteiger partial charge on any atom is 0.119 e. The smallest absolute Gasteiger partial charge is 0.119 e. The van der Waals surface area contributed by atoms with Gasteiger partial charge in [-0.25, -0.2) is 0 Å². The van der Waals surface area contributed by atoms with Crippen LogP contribution in [0.4, 0.5) is 0 Å². The molecule has 1 aromatic carbocycles. The molecule has 2 rings (SSSR count). The third-order valence-electron chi connectivity index (χ3n) is 2.70. The highest BCUT2D eigenvalue weighted by molar-refractivity contribution is 7.09. The second-order valence-electron chi connectivity index (χ2n) is 4.14. The van der Waals surface area contributed by atoms with Crippen LogP contribution in [0.2, 0.25) is 0 Å². The van der Waals surface area contributed by atoms with Gasteiger partial charge in [0.25, 0.3) is 0 Å². The predicted octanol–water partition coefficient (Wildman–Crippen LogP) is 2.84. The Morgan fingerprint density at radius 2 is 2.00 bits per heavy atom. The van der Waals surface area contributed by atoms with Crippen molar-refractivity contribution in [2.75, 3.05) is 19.8 Å². The third kappa shape index (κ3) is 5.03. The van der Waals surface area contributed by atoms with E-state index in [0.717, 1.165) is 24.3 Å². The molecule has 0 spiro atoms. The Balaban J connectivity index is 1.58. The van der Waals surface area contributed by atoms with Crippen molar-refractivity contribution in [3.05, 3.63) is 52.2 Å². The zero-order chi connectivity index (χ0) is 13.3. The fraction of sp³-hybridized carbons (Fsp3) is 0.333. The second-order valence-corrected chi connectivity index (χ2v) is 5.17. The summed E-state index contributed by atoms with van der Waals surface area (Å²) >= 11 is 1.76. The predicted molar refractivity (Wildman–Crippen MR) is 78.7 cm³/mol. The molecule has 0 unspecified atom stereocenters. The van der Waals surface area contributed by atoms with Crippen LogP contribution in [-0.2, 0) is 17.7 Å². The van der Waals surface area contributed by atoms with E-state index in [1.165, 1.54) is 4.88 Å². The average molecular weight is 277 g/mol. The van der Waals surface area contributed by atoms with Crippen molar-refractivity contribution in [3.63, 3.8) is 0 Å². The summed E-state index contributed by atoms with van der Waals surface area (Å²) < 4.78 is 11.2. The highest BCUT2D eigenvalue weighted by Crippen LogP contribution is 2.12. The quantitative estimate of drug-likeness (QED) is 0.755. The lowest BCUT2D eigenvalue weighted by Gasteiger charge is -2.08. The normalized spacial score (nSPS) is 10.6. The van der Waals surface area contributed by atoms with E-state index in [4.69, 9.17) is 15.2 Å². The van der Waals surface area contributed by atoms with Crippen LogP contribution >= 0.6 is 11.3 Å². The topological polar surface area (TPSA) is 44.5 Å². The third-order valence-corrected chi connectivity index (χ3v) is 3.64. The van der Waals surface area contributed by atoms with Gasteiger partial charge in [0, 0.05) is 17.8 Å². The van der Waals surface area contributed by atoms with E-state index in [1.807, 2.05) is 24.3 Å². The molecular weight excluding hydrogens is 258 g/mol. The lowest BCUT2D eigenvalue weighted by atomic mass is 10.2. The zero-order valence-corrected chi connectivity index (χ0v) is 11.7. The van der Waals surface area contributed by atoms with Gasteiger partial charge in [0.15, 0.2) is 0 Å². The molecule has 0 saturated carbocycles. The molecule has 0 amide bonds. The number of nitrogens with two attached hydrogens (primary N) is 1. The van der Waals surface area contributed by atoms with E-state index in [1.54, 1.807) is 11.3 Å². The molecule has 0 aliphatic heterocycles. The summed E-state index contributed by atoms with van der Waals surface area (Å²) in [5, 5.41) is 2.09. The molecule has 0 aliphatic carbocycles. The van der Waals surface area contributed by atoms with Crippen molar-refractivity contribution in [1.29, 1.82) is 0 Å². The maximum absolute atomic E-state index is 5.61. The van der Waals surface area contributed by atoms with Crippen LogP contribution in [0.3, 0.4) is 0 Å². The molecule has 0 bridgehead atoms. The van der Waals surface area contributed by atoms with Gasteiger partial charge < -0.3 is 15.2 Å². The van der Waals surface area contributed by atoms with Gasteiger partial charge in [-0.1, -0.05) is 18.2 Å². The van der Waals surface area contributed by atoms with Gasteiger partial charge in [-0.2, -0.15) is 0 Å². The van der Waals surface area contributed by atoms with Gasteiger partial charge in [0.2, 0.25) is 0 Å². The summed E-state index contributed by atoms with van der Waals surface area (Å²) in [7, 11) is 0. The number of hydrogen-bond acceptors (Lipinski definition) is 4. The molecule has 0 saturated heterocycles. The number of hydrogen-bond donors (Lipinski definition) is 1. The van der Waals surface area contributed by atoms with Crippen LogP contribution in [0.25, 0.3) is 0 Å². The summed E-state index contributed by atoms with van der Waals surface area (Å²) in [4.78, 5) is 1.36. The van der Waals surface area contributed by atoms with Gasteiger partial charge in [0.05, 0.1) is 13.2 Å². The SMILES string of the molecule is NCc1cccc(OCCOCCc2cccs2)c1. The van der Waals surface area contributed by atoms with Crippen LogP contribution < -0.4 is 10.5 Å². The molecule has 102 valence electrons. The Hall–Kier alpha value is -1.36. The largest absolute Gasteiger partial charge is 0.491 e. The number of rotatable bonds is 8. The molecule has 0 radical (unpaired) electrons. The lowest BCUT2D eigenvalue weighted by molar-refractivity contribution is 0.103. The Morgan fingerprint density at radius 1 is 1.05 bits per heavy atom. The number of ether oxygens (including phenoxy) is 2. The van der Waals surface area contributed by atoms with E-state index in [9.17, 15) is 0 Å². The zero-order valence-electron chi connectivity index (χ0n) is 10.9. The van der Waals surface area contributed by atoms with E-state index < -0.39 is 0 Å². The average Bonchev–Trinajstić information content (AvgIpc) is 2.96. The first-order valence-corrected chi connectivity index (χ1v) is 7.28. The first-order chi connectivity index (χ1) is 9.38. The van der Waals surface area contributed by atoms with Crippen molar-refractivity contribution in [2.45, 2.75) is 13.0 Å². The summed E-state index contributed by atoms with van der Waals surface area (Å²) in [6, 6.07) is 12.0. The van der Waals surface area contributed by atoms with Crippen molar-refractivity contribution in [3.8, 4) is 5.75 Å². The van der Waals surface area contributed by atoms with Crippen LogP contribution in [0.1, 0.15) is 10.4 Å². The molecular formula is C15H19NO2S. The molecule has 3 nitrogen and oxygen atoms in total. The maximum atomic E-state index is 5.61. The molecule has 2 aromatic rings. The lowest BCUT2D eigenvalue weighted by Crippen LogP contribution is -2.08. The van der Waals surface area contributed by atoms with Gasteiger partial charge >= 0.3 is 0 Å². The van der Waals surface area contributed by atoms with Crippen molar-refractivity contribution in [1.82, 2.24) is 0 Å². The molecule has 0 fully saturated rings. The summed E-state index contributed by atoms with van der Waals surface area (Å²) in [5.74, 6) is 0.852. The van der Waals surface area contributed by atoms with Gasteiger partial charge in [-0.15, -0.1) is 11.3 Å². The molecule has 1 heterocycles. The van der Waals surface area contributed by atoms with Crippen molar-refractivity contribution < 1.29 is 9.47 Å². The molecule has 19 heavy (non-hydrogen) atoms. The first-order valence-electron chi connectivity index (χ1n) is 6.40. The molecule has 2 N–H and O–H groups in total. The minimum Gasteiger partial charge on any atom is -0.491 e. The Kier molecular flexibility index (Phi) is 5.88. The van der Waals surface area contributed by atoms with Crippen LogP contribution in [0.5, 0.6) is 5.75 Å². The summed E-state index contributed by atoms with van der Waals surface area (Å²) in [5.41, 5.74) is 6.66. The number of benzene rings is 1. The van der Waals surface area contributed by atoms with E-state index in [2.05, 4.69) is 17.5 Å². The second kappa shape index (κ2) is 7.94. The van der Waals surface area contributed by atoms with Crippen molar-refractivity contribution in [2.24, 2.45) is 5.73 Å². The van der Waals surface area contributed by atoms with E-state index in [0.29, 0.717) is 19.8 Å². The monoisotopic (exact) mass is 277 g/mol. The van der Waals surface area contributed by atoms with Gasteiger partial charge in [-0.3, -0.25) is 0 Å². The highest BCUT2D eigenvalue weighted by atomic mass is 32.1. The fourth-order valence-electron chi connectivity index (χ4n) is 1.71. The Bertz CT molecular complexity index is 471. The van der Waals surface area contributed by atoms with Gasteiger partial charge in [-0.05, 0) is 29.1 Å². The van der Waals surface area contributed by atoms with E-state index in [-0.39, 0.29) is 0 Å². The fourth-order valence-corrected chi connectivity index (χ4v) is 2.40. The minimum atomic E-state index is 0.536. The summed E-state index contributed by atoms with van der Waals surface area (Å²) in [6.45, 7) is 2.46. The van der Waals surface area contributed by atoms with Gasteiger partial charge in [0.1, 0.15) is 12.4 Å². The van der Waals surface area contributed by atoms with Crippen LogP contribution in [-0.4, -0.2) is 19.8 Å². The Morgan fingerprint density at radius 3 is 2.79 bits per heavy atom.